The van der Waals surface area contributed by atoms with E-state index in [0.29, 0.717) is 6.54 Å². The van der Waals surface area contributed by atoms with Crippen molar-refractivity contribution in [3.8, 4) is 0 Å². The standard InChI is InChI=1S/C18H21N7O2/c1-13-5-3-6-15(14(13)2)23-18-16(25(26)27)17(21-11-22-18)20-7-4-9-24-10-8-19-12-24/h3,5-6,8,10-12H,4,7,9H2,1-2H3,(H2,20,21,22,23). The van der Waals surface area contributed by atoms with Crippen LogP contribution in [-0.2, 0) is 6.54 Å². The quantitative estimate of drug-likeness (QED) is 0.356. The molecule has 2 N–H and O–H groups in total. The van der Waals surface area contributed by atoms with Gasteiger partial charge >= 0.3 is 5.69 Å². The van der Waals surface area contributed by atoms with Crippen molar-refractivity contribution in [1.82, 2.24) is 19.5 Å². The Bertz CT molecular complexity index is 925. The largest absolute Gasteiger partial charge is 0.364 e. The van der Waals surface area contributed by atoms with Gasteiger partial charge in [-0.05, 0) is 37.5 Å². The van der Waals surface area contributed by atoms with Crippen molar-refractivity contribution >= 4 is 23.0 Å². The summed E-state index contributed by atoms with van der Waals surface area (Å²) in [6.45, 7) is 5.25. The van der Waals surface area contributed by atoms with Gasteiger partial charge < -0.3 is 15.2 Å². The van der Waals surface area contributed by atoms with Crippen molar-refractivity contribution in [3.63, 3.8) is 0 Å². The number of hydrogen-bond acceptors (Lipinski definition) is 7. The van der Waals surface area contributed by atoms with Gasteiger partial charge in [0, 0.05) is 31.2 Å². The highest BCUT2D eigenvalue weighted by Crippen LogP contribution is 2.32. The molecule has 2 heterocycles. The fourth-order valence-corrected chi connectivity index (χ4v) is 2.67. The monoisotopic (exact) mass is 367 g/mol. The Morgan fingerprint density at radius 1 is 1.22 bits per heavy atom. The predicted molar refractivity (Wildman–Crippen MR) is 103 cm³/mol. The number of nitro groups is 1. The summed E-state index contributed by atoms with van der Waals surface area (Å²) in [6, 6.07) is 5.75. The van der Waals surface area contributed by atoms with Crippen LogP contribution >= 0.6 is 0 Å². The van der Waals surface area contributed by atoms with E-state index in [4.69, 9.17) is 0 Å². The van der Waals surface area contributed by atoms with E-state index in [1.165, 1.54) is 6.33 Å². The van der Waals surface area contributed by atoms with Crippen LogP contribution in [0.25, 0.3) is 0 Å². The first-order valence-electron chi connectivity index (χ1n) is 8.58. The molecule has 0 aliphatic carbocycles. The zero-order chi connectivity index (χ0) is 19.2. The van der Waals surface area contributed by atoms with E-state index in [1.807, 2.05) is 42.8 Å². The van der Waals surface area contributed by atoms with Crippen molar-refractivity contribution in [3.05, 3.63) is 64.5 Å². The molecule has 0 radical (unpaired) electrons. The van der Waals surface area contributed by atoms with Gasteiger partial charge in [-0.15, -0.1) is 0 Å². The molecule has 9 heteroatoms. The normalized spacial score (nSPS) is 10.6. The van der Waals surface area contributed by atoms with Crippen LogP contribution in [0.2, 0.25) is 0 Å². The third kappa shape index (κ3) is 4.38. The highest BCUT2D eigenvalue weighted by molar-refractivity contribution is 5.75. The molecule has 3 rings (SSSR count). The first-order valence-corrected chi connectivity index (χ1v) is 8.58. The van der Waals surface area contributed by atoms with Crippen LogP contribution in [-0.4, -0.2) is 31.0 Å². The minimum absolute atomic E-state index is 0.166. The van der Waals surface area contributed by atoms with Gasteiger partial charge in [-0.25, -0.2) is 15.0 Å². The lowest BCUT2D eigenvalue weighted by molar-refractivity contribution is -0.383. The molecule has 0 aliphatic rings. The van der Waals surface area contributed by atoms with Crippen molar-refractivity contribution in [1.29, 1.82) is 0 Å². The molecule has 0 fully saturated rings. The number of anilines is 3. The number of aromatic nitrogens is 4. The molecule has 0 bridgehead atoms. The van der Waals surface area contributed by atoms with Gasteiger partial charge in [-0.1, -0.05) is 12.1 Å². The third-order valence-corrected chi connectivity index (χ3v) is 4.31. The zero-order valence-electron chi connectivity index (χ0n) is 15.2. The lowest BCUT2D eigenvalue weighted by Gasteiger charge is -2.12. The van der Waals surface area contributed by atoms with E-state index < -0.39 is 4.92 Å². The van der Waals surface area contributed by atoms with Gasteiger partial charge in [-0.3, -0.25) is 10.1 Å². The van der Waals surface area contributed by atoms with Crippen LogP contribution in [0.1, 0.15) is 17.5 Å². The lowest BCUT2D eigenvalue weighted by Crippen LogP contribution is -2.11. The molecule has 27 heavy (non-hydrogen) atoms. The van der Waals surface area contributed by atoms with Crippen molar-refractivity contribution < 1.29 is 4.92 Å². The van der Waals surface area contributed by atoms with Crippen LogP contribution in [0.15, 0.2) is 43.2 Å². The first-order chi connectivity index (χ1) is 13.1. The highest BCUT2D eigenvalue weighted by atomic mass is 16.6. The minimum Gasteiger partial charge on any atom is -0.364 e. The number of nitrogens with one attached hydrogen (secondary N) is 2. The molecule has 0 spiro atoms. The maximum atomic E-state index is 11.6. The summed E-state index contributed by atoms with van der Waals surface area (Å²) in [5, 5.41) is 17.8. The zero-order valence-corrected chi connectivity index (χ0v) is 15.2. The van der Waals surface area contributed by atoms with Crippen LogP contribution in [0.4, 0.5) is 23.0 Å². The van der Waals surface area contributed by atoms with Crippen LogP contribution in [0.3, 0.4) is 0 Å². The predicted octanol–water partition coefficient (Wildman–Crippen LogP) is 3.44. The van der Waals surface area contributed by atoms with E-state index >= 15 is 0 Å². The van der Waals surface area contributed by atoms with E-state index in [1.54, 1.807) is 12.5 Å². The number of imidazole rings is 1. The Morgan fingerprint density at radius 2 is 2.04 bits per heavy atom. The maximum absolute atomic E-state index is 11.6. The molecular formula is C18H21N7O2. The number of aryl methyl sites for hydroxylation is 2. The van der Waals surface area contributed by atoms with Gasteiger partial charge in [0.15, 0.2) is 0 Å². The maximum Gasteiger partial charge on any atom is 0.353 e. The number of rotatable bonds is 8. The third-order valence-electron chi connectivity index (χ3n) is 4.31. The van der Waals surface area contributed by atoms with Crippen molar-refractivity contribution in [2.45, 2.75) is 26.8 Å². The van der Waals surface area contributed by atoms with E-state index in [0.717, 1.165) is 29.8 Å². The summed E-state index contributed by atoms with van der Waals surface area (Å²) in [7, 11) is 0. The second-order valence-corrected chi connectivity index (χ2v) is 6.13. The summed E-state index contributed by atoms with van der Waals surface area (Å²) < 4.78 is 1.95. The smallest absolute Gasteiger partial charge is 0.353 e. The molecule has 9 nitrogen and oxygen atoms in total. The molecule has 0 saturated heterocycles. The second kappa shape index (κ2) is 8.26. The van der Waals surface area contributed by atoms with Gasteiger partial charge in [0.2, 0.25) is 11.6 Å². The lowest BCUT2D eigenvalue weighted by atomic mass is 10.1. The number of nitrogens with zero attached hydrogens (tertiary/aromatic N) is 5. The average molecular weight is 367 g/mol. The molecule has 0 atom stereocenters. The Kier molecular flexibility index (Phi) is 5.60. The molecule has 0 saturated carbocycles. The fourth-order valence-electron chi connectivity index (χ4n) is 2.67. The van der Waals surface area contributed by atoms with E-state index in [9.17, 15) is 10.1 Å². The van der Waals surface area contributed by atoms with Crippen LogP contribution in [0, 0.1) is 24.0 Å². The molecular weight excluding hydrogens is 346 g/mol. The molecule has 0 unspecified atom stereocenters. The van der Waals surface area contributed by atoms with Gasteiger partial charge in [0.1, 0.15) is 6.33 Å². The first kappa shape index (κ1) is 18.3. The molecule has 0 aliphatic heterocycles. The van der Waals surface area contributed by atoms with E-state index in [-0.39, 0.29) is 17.3 Å². The Hall–Kier alpha value is -3.49. The topological polar surface area (TPSA) is 111 Å². The average Bonchev–Trinajstić information content (AvgIpc) is 3.16. The van der Waals surface area contributed by atoms with Crippen molar-refractivity contribution in [2.24, 2.45) is 0 Å². The van der Waals surface area contributed by atoms with Gasteiger partial charge in [0.05, 0.1) is 11.3 Å². The van der Waals surface area contributed by atoms with Gasteiger partial charge in [0.25, 0.3) is 0 Å². The Labute approximate surface area is 156 Å². The Morgan fingerprint density at radius 3 is 2.78 bits per heavy atom. The van der Waals surface area contributed by atoms with Crippen LogP contribution in [0.5, 0.6) is 0 Å². The van der Waals surface area contributed by atoms with Crippen LogP contribution < -0.4 is 10.6 Å². The fraction of sp³-hybridized carbons (Fsp3) is 0.278. The number of hydrogen-bond donors (Lipinski definition) is 2. The molecule has 2 aromatic heterocycles. The summed E-state index contributed by atoms with van der Waals surface area (Å²) in [5.74, 6) is 0.370. The molecule has 140 valence electrons. The molecule has 1 aromatic carbocycles. The summed E-state index contributed by atoms with van der Waals surface area (Å²) in [4.78, 5) is 23.3. The molecule has 3 aromatic rings. The second-order valence-electron chi connectivity index (χ2n) is 6.13. The van der Waals surface area contributed by atoms with Gasteiger partial charge in [-0.2, -0.15) is 0 Å². The SMILES string of the molecule is Cc1cccc(Nc2ncnc(NCCCn3ccnc3)c2[N+](=O)[O-])c1C. The summed E-state index contributed by atoms with van der Waals surface area (Å²) >= 11 is 0. The summed E-state index contributed by atoms with van der Waals surface area (Å²) in [5.41, 5.74) is 2.72. The minimum atomic E-state index is -0.467. The Balaban J connectivity index is 1.76. The van der Waals surface area contributed by atoms with E-state index in [2.05, 4.69) is 25.6 Å². The van der Waals surface area contributed by atoms with Crippen molar-refractivity contribution in [2.75, 3.05) is 17.2 Å². The number of benzene rings is 1. The summed E-state index contributed by atoms with van der Waals surface area (Å²) in [6.07, 6.45) is 7.42. The molecule has 0 amide bonds. The highest BCUT2D eigenvalue weighted by Gasteiger charge is 2.23.